The molecule has 0 fully saturated rings. The zero-order valence-corrected chi connectivity index (χ0v) is 19.1. The molecule has 1 heterocycles. The molecule has 0 amide bonds. The Hall–Kier alpha value is -2.10. The summed E-state index contributed by atoms with van der Waals surface area (Å²) in [5.41, 5.74) is 2.37. The zero-order chi connectivity index (χ0) is 22.0. The van der Waals surface area contributed by atoms with Crippen LogP contribution >= 0.6 is 0 Å². The maximum absolute atomic E-state index is 12.3. The molecule has 162 valence electrons. The minimum Gasteiger partial charge on any atom is -0.455 e. The molecule has 0 aromatic carbocycles. The predicted molar refractivity (Wildman–Crippen MR) is 118 cm³/mol. The third-order valence-electron chi connectivity index (χ3n) is 5.42. The van der Waals surface area contributed by atoms with Gasteiger partial charge in [0.1, 0.15) is 6.10 Å². The number of carbonyl (C=O) groups is 2. The molecular formula is C25H38O4. The van der Waals surface area contributed by atoms with Crippen LogP contribution in [0.25, 0.3) is 0 Å². The van der Waals surface area contributed by atoms with Gasteiger partial charge < -0.3 is 9.47 Å². The average Bonchev–Trinajstić information content (AvgIpc) is 2.67. The van der Waals surface area contributed by atoms with Crippen molar-refractivity contribution in [2.45, 2.75) is 79.9 Å². The first-order chi connectivity index (χ1) is 13.7. The summed E-state index contributed by atoms with van der Waals surface area (Å²) < 4.78 is 11.1. The average molecular weight is 403 g/mol. The molecule has 0 aromatic rings. The van der Waals surface area contributed by atoms with Crippen molar-refractivity contribution < 1.29 is 19.1 Å². The first kappa shape index (κ1) is 24.9. The van der Waals surface area contributed by atoms with Crippen LogP contribution in [0, 0.1) is 17.8 Å². The van der Waals surface area contributed by atoms with E-state index in [2.05, 4.69) is 39.8 Å². The SMILES string of the molecule is C/C=C(\C)C[C@H](C)C[C@H](C)[C@H]1OC(=O)C=C[C@H]1OC(=O)/C=C/C(C)=C/[C@@H](C)CC. The molecule has 5 atom stereocenters. The van der Waals surface area contributed by atoms with E-state index >= 15 is 0 Å². The molecule has 1 rings (SSSR count). The standard InChI is InChI=1S/C25H38O4/c1-8-17(3)14-19(5)10-12-23(26)28-22-11-13-24(27)29-25(22)21(7)16-20(6)15-18(4)9-2/h9-14,17,20-22,25H,8,15-16H2,1-7H3/b12-10+,18-9+,19-14+/t17-,20-,21-,22+,25+/m0/s1. The van der Waals surface area contributed by atoms with E-state index in [1.807, 2.05) is 20.8 Å². The molecule has 1 aliphatic heterocycles. The Labute approximate surface area is 176 Å². The van der Waals surface area contributed by atoms with Crippen molar-refractivity contribution in [2.24, 2.45) is 17.8 Å². The number of ether oxygens (including phenoxy) is 2. The van der Waals surface area contributed by atoms with E-state index < -0.39 is 18.2 Å². The lowest BCUT2D eigenvalue weighted by atomic mass is 9.86. The maximum atomic E-state index is 12.3. The van der Waals surface area contributed by atoms with Gasteiger partial charge in [-0.05, 0) is 57.4 Å². The van der Waals surface area contributed by atoms with Crippen molar-refractivity contribution in [2.75, 3.05) is 0 Å². The second kappa shape index (κ2) is 12.5. The van der Waals surface area contributed by atoms with Crippen LogP contribution < -0.4 is 0 Å². The maximum Gasteiger partial charge on any atom is 0.331 e. The van der Waals surface area contributed by atoms with E-state index in [9.17, 15) is 9.59 Å². The van der Waals surface area contributed by atoms with Gasteiger partial charge in [0.05, 0.1) is 0 Å². The first-order valence-corrected chi connectivity index (χ1v) is 10.7. The lowest BCUT2D eigenvalue weighted by Crippen LogP contribution is -2.41. The minimum atomic E-state index is -0.561. The summed E-state index contributed by atoms with van der Waals surface area (Å²) in [4.78, 5) is 24.1. The second-order valence-corrected chi connectivity index (χ2v) is 8.45. The Bertz CT molecular complexity index is 668. The summed E-state index contributed by atoms with van der Waals surface area (Å²) in [5, 5.41) is 0. The highest BCUT2D eigenvalue weighted by Gasteiger charge is 2.34. The lowest BCUT2D eigenvalue weighted by molar-refractivity contribution is -0.164. The fourth-order valence-electron chi connectivity index (χ4n) is 3.58. The topological polar surface area (TPSA) is 52.6 Å². The van der Waals surface area contributed by atoms with Crippen molar-refractivity contribution in [3.05, 3.63) is 47.6 Å². The number of hydrogen-bond acceptors (Lipinski definition) is 4. The van der Waals surface area contributed by atoms with Gasteiger partial charge in [0.2, 0.25) is 0 Å². The van der Waals surface area contributed by atoms with E-state index in [-0.39, 0.29) is 11.9 Å². The van der Waals surface area contributed by atoms with Crippen molar-refractivity contribution >= 4 is 11.9 Å². The van der Waals surface area contributed by atoms with Gasteiger partial charge in [0.25, 0.3) is 0 Å². The molecule has 0 unspecified atom stereocenters. The van der Waals surface area contributed by atoms with E-state index in [0.29, 0.717) is 11.8 Å². The molecular weight excluding hydrogens is 364 g/mol. The van der Waals surface area contributed by atoms with Gasteiger partial charge in [-0.15, -0.1) is 0 Å². The van der Waals surface area contributed by atoms with Crippen LogP contribution in [0.4, 0.5) is 0 Å². The molecule has 0 radical (unpaired) electrons. The van der Waals surface area contributed by atoms with E-state index in [0.717, 1.165) is 24.8 Å². The van der Waals surface area contributed by atoms with Crippen LogP contribution in [0.15, 0.2) is 47.6 Å². The summed E-state index contributed by atoms with van der Waals surface area (Å²) in [6.45, 7) is 14.7. The number of carbonyl (C=O) groups excluding carboxylic acids is 2. The smallest absolute Gasteiger partial charge is 0.331 e. The number of esters is 2. The Balaban J connectivity index is 2.76. The predicted octanol–water partition coefficient (Wildman–Crippen LogP) is 5.95. The zero-order valence-electron chi connectivity index (χ0n) is 19.1. The van der Waals surface area contributed by atoms with Gasteiger partial charge in [-0.1, -0.05) is 63.5 Å². The fraction of sp³-hybridized carbons (Fsp3) is 0.600. The fourth-order valence-corrected chi connectivity index (χ4v) is 3.58. The highest BCUT2D eigenvalue weighted by Crippen LogP contribution is 2.27. The molecule has 0 aliphatic carbocycles. The Morgan fingerprint density at radius 2 is 1.93 bits per heavy atom. The van der Waals surface area contributed by atoms with Crippen LogP contribution in [-0.4, -0.2) is 24.1 Å². The van der Waals surface area contributed by atoms with Crippen LogP contribution in [0.5, 0.6) is 0 Å². The van der Waals surface area contributed by atoms with Gasteiger partial charge in [-0.3, -0.25) is 0 Å². The molecule has 0 aromatic heterocycles. The molecule has 1 aliphatic rings. The number of hydrogen-bond donors (Lipinski definition) is 0. The second-order valence-electron chi connectivity index (χ2n) is 8.45. The van der Waals surface area contributed by atoms with Gasteiger partial charge in [-0.25, -0.2) is 9.59 Å². The highest BCUT2D eigenvalue weighted by atomic mass is 16.6. The van der Waals surface area contributed by atoms with Crippen LogP contribution in [0.2, 0.25) is 0 Å². The van der Waals surface area contributed by atoms with Gasteiger partial charge >= 0.3 is 11.9 Å². The van der Waals surface area contributed by atoms with E-state index in [1.165, 1.54) is 17.7 Å². The molecule has 4 heteroatoms. The van der Waals surface area contributed by atoms with Gasteiger partial charge in [0.15, 0.2) is 6.10 Å². The lowest BCUT2D eigenvalue weighted by Gasteiger charge is -2.32. The van der Waals surface area contributed by atoms with Crippen LogP contribution in [-0.2, 0) is 19.1 Å². The molecule has 0 saturated carbocycles. The largest absolute Gasteiger partial charge is 0.455 e. The summed E-state index contributed by atoms with van der Waals surface area (Å²) in [6, 6.07) is 0. The van der Waals surface area contributed by atoms with Crippen molar-refractivity contribution in [1.82, 2.24) is 0 Å². The van der Waals surface area contributed by atoms with Crippen molar-refractivity contribution in [1.29, 1.82) is 0 Å². The van der Waals surface area contributed by atoms with Crippen LogP contribution in [0.1, 0.15) is 67.7 Å². The monoisotopic (exact) mass is 402 g/mol. The quantitative estimate of drug-likeness (QED) is 0.196. The minimum absolute atomic E-state index is 0.0809. The number of allylic oxidation sites excluding steroid dienone is 5. The van der Waals surface area contributed by atoms with Gasteiger partial charge in [-0.2, -0.15) is 0 Å². The summed E-state index contributed by atoms with van der Waals surface area (Å²) >= 11 is 0. The Kier molecular flexibility index (Phi) is 10.7. The molecule has 4 nitrogen and oxygen atoms in total. The third kappa shape index (κ3) is 9.29. The van der Waals surface area contributed by atoms with Crippen molar-refractivity contribution in [3.63, 3.8) is 0 Å². The highest BCUT2D eigenvalue weighted by molar-refractivity contribution is 5.85. The Morgan fingerprint density at radius 3 is 2.55 bits per heavy atom. The summed E-state index contributed by atoms with van der Waals surface area (Å²) in [7, 11) is 0. The third-order valence-corrected chi connectivity index (χ3v) is 5.42. The summed E-state index contributed by atoms with van der Waals surface area (Å²) in [5.74, 6) is 0.196. The molecule has 0 saturated heterocycles. The number of rotatable bonds is 10. The normalized spacial score (nSPS) is 23.6. The summed E-state index contributed by atoms with van der Waals surface area (Å²) in [6.07, 6.45) is 12.4. The van der Waals surface area contributed by atoms with E-state index in [4.69, 9.17) is 9.47 Å². The molecule has 0 bridgehead atoms. The molecule has 0 N–H and O–H groups in total. The van der Waals surface area contributed by atoms with Crippen molar-refractivity contribution in [3.8, 4) is 0 Å². The molecule has 0 spiro atoms. The molecule has 29 heavy (non-hydrogen) atoms. The Morgan fingerprint density at radius 1 is 1.24 bits per heavy atom. The van der Waals surface area contributed by atoms with E-state index in [1.54, 1.807) is 12.2 Å². The van der Waals surface area contributed by atoms with Crippen LogP contribution in [0.3, 0.4) is 0 Å². The first-order valence-electron chi connectivity index (χ1n) is 10.7. The van der Waals surface area contributed by atoms with Gasteiger partial charge in [0, 0.05) is 12.2 Å². The number of cyclic esters (lactones) is 1.